The van der Waals surface area contributed by atoms with Crippen LogP contribution in [-0.4, -0.2) is 11.6 Å². The Morgan fingerprint density at radius 2 is 1.19 bits per heavy atom. The number of thiophene rings is 1. The molecule has 5 aromatic rings. The average Bonchev–Trinajstić information content (AvgIpc) is 3.46. The van der Waals surface area contributed by atoms with E-state index in [0.29, 0.717) is 11.1 Å². The van der Waals surface area contributed by atoms with Gasteiger partial charge in [-0.1, -0.05) is 74.5 Å². The Bertz CT molecular complexity index is 1700. The maximum atomic E-state index is 13.3. The second-order valence-corrected chi connectivity index (χ2v) is 11.2. The van der Waals surface area contributed by atoms with Gasteiger partial charge < -0.3 is 4.90 Å². The zero-order chi connectivity index (χ0) is 25.3. The van der Waals surface area contributed by atoms with Gasteiger partial charge in [-0.25, -0.2) is 0 Å². The van der Waals surface area contributed by atoms with Crippen molar-refractivity contribution in [1.82, 2.24) is 0 Å². The van der Waals surface area contributed by atoms with Gasteiger partial charge in [-0.2, -0.15) is 0 Å². The number of hydrogen-bond acceptors (Lipinski definition) is 4. The lowest BCUT2D eigenvalue weighted by molar-refractivity contribution is 0.0990. The fourth-order valence-electron chi connectivity index (χ4n) is 5.73. The highest BCUT2D eigenvalue weighted by atomic mass is 32.1. The fraction of sp³-hybridized carbons (Fsp3) is 0.0909. The molecule has 0 atom stereocenters. The van der Waals surface area contributed by atoms with Gasteiger partial charge in [0.1, 0.15) is 5.00 Å². The topological polar surface area (TPSA) is 37.4 Å². The lowest BCUT2D eigenvalue weighted by atomic mass is 9.74. The summed E-state index contributed by atoms with van der Waals surface area (Å²) in [7, 11) is 0. The molecule has 0 saturated carbocycles. The van der Waals surface area contributed by atoms with Crippen molar-refractivity contribution >= 4 is 56.1 Å². The third kappa shape index (κ3) is 3.19. The first-order valence-electron chi connectivity index (χ1n) is 12.4. The Labute approximate surface area is 219 Å². The van der Waals surface area contributed by atoms with E-state index in [2.05, 4.69) is 73.3 Å². The number of rotatable bonds is 2. The minimum absolute atomic E-state index is 0.121. The van der Waals surface area contributed by atoms with Crippen LogP contribution in [0.5, 0.6) is 0 Å². The van der Waals surface area contributed by atoms with Gasteiger partial charge in [0, 0.05) is 21.4 Å². The van der Waals surface area contributed by atoms with Crippen molar-refractivity contribution in [3.05, 3.63) is 130 Å². The molecule has 0 amide bonds. The molecule has 1 aromatic heterocycles. The summed E-state index contributed by atoms with van der Waals surface area (Å²) in [5.41, 5.74) is 5.94. The minimum atomic E-state index is -0.198. The molecule has 4 aromatic carbocycles. The molecule has 0 bridgehead atoms. The zero-order valence-corrected chi connectivity index (χ0v) is 21.3. The van der Waals surface area contributed by atoms with Crippen molar-refractivity contribution in [1.29, 1.82) is 0 Å². The van der Waals surface area contributed by atoms with Gasteiger partial charge >= 0.3 is 0 Å². The highest BCUT2D eigenvalue weighted by Crippen LogP contribution is 2.52. The molecule has 1 aliphatic heterocycles. The summed E-state index contributed by atoms with van der Waals surface area (Å²) >= 11 is 1.58. The van der Waals surface area contributed by atoms with E-state index in [4.69, 9.17) is 0 Å². The molecule has 7 rings (SSSR count). The van der Waals surface area contributed by atoms with Crippen molar-refractivity contribution < 1.29 is 9.59 Å². The number of anilines is 3. The summed E-state index contributed by atoms with van der Waals surface area (Å²) in [5.74, 6) is -0.396. The minimum Gasteiger partial charge on any atom is -0.301 e. The lowest BCUT2D eigenvalue weighted by Gasteiger charge is -2.41. The number of Topliss-reactive ketones (excluding diaryl/α,β-unsaturated/α-hetero) is 2. The Hall–Kier alpha value is -4.28. The number of benzene rings is 4. The molecule has 0 radical (unpaired) electrons. The number of hydrogen-bond donors (Lipinski definition) is 0. The first kappa shape index (κ1) is 22.0. The summed E-state index contributed by atoms with van der Waals surface area (Å²) in [6.45, 7) is 4.54. The van der Waals surface area contributed by atoms with Crippen molar-refractivity contribution in [2.45, 2.75) is 19.3 Å². The second-order valence-electron chi connectivity index (χ2n) is 10.1. The second kappa shape index (κ2) is 7.86. The molecule has 3 nitrogen and oxygen atoms in total. The third-order valence-corrected chi connectivity index (χ3v) is 8.64. The number of nitrogens with zero attached hydrogens (tertiary/aromatic N) is 1. The van der Waals surface area contributed by atoms with E-state index in [1.807, 2.05) is 42.5 Å². The monoisotopic (exact) mass is 497 g/mol. The van der Waals surface area contributed by atoms with Gasteiger partial charge in [0.2, 0.25) is 0 Å². The third-order valence-electron chi connectivity index (χ3n) is 7.62. The molecule has 2 aliphatic rings. The van der Waals surface area contributed by atoms with E-state index < -0.39 is 0 Å². The Morgan fingerprint density at radius 3 is 1.76 bits per heavy atom. The molecule has 178 valence electrons. The fourth-order valence-corrected chi connectivity index (χ4v) is 6.71. The van der Waals surface area contributed by atoms with Crippen LogP contribution in [0.3, 0.4) is 0 Å². The lowest BCUT2D eigenvalue weighted by Crippen LogP contribution is -2.30. The first-order valence-corrected chi connectivity index (χ1v) is 13.2. The predicted molar refractivity (Wildman–Crippen MR) is 152 cm³/mol. The van der Waals surface area contributed by atoms with E-state index in [1.165, 1.54) is 11.1 Å². The average molecular weight is 498 g/mol. The van der Waals surface area contributed by atoms with Crippen LogP contribution < -0.4 is 4.90 Å². The Kier molecular flexibility index (Phi) is 4.66. The molecule has 37 heavy (non-hydrogen) atoms. The van der Waals surface area contributed by atoms with Crippen LogP contribution in [0.25, 0.3) is 16.8 Å². The number of carbonyl (C=O) groups excluding carboxylic acids is 2. The van der Waals surface area contributed by atoms with Crippen LogP contribution >= 0.6 is 11.3 Å². The molecule has 4 heteroatoms. The van der Waals surface area contributed by atoms with E-state index in [1.54, 1.807) is 17.4 Å². The van der Waals surface area contributed by atoms with Gasteiger partial charge in [-0.15, -0.1) is 11.3 Å². The molecule has 0 unspecified atom stereocenters. The summed E-state index contributed by atoms with van der Waals surface area (Å²) in [5, 5.41) is 2.98. The van der Waals surface area contributed by atoms with Gasteiger partial charge in [0.25, 0.3) is 0 Å². The van der Waals surface area contributed by atoms with Crippen LogP contribution in [0.15, 0.2) is 103 Å². The zero-order valence-electron chi connectivity index (χ0n) is 20.5. The van der Waals surface area contributed by atoms with Crippen LogP contribution in [0.1, 0.15) is 50.6 Å². The van der Waals surface area contributed by atoms with E-state index in [9.17, 15) is 9.59 Å². The summed E-state index contributed by atoms with van der Waals surface area (Å²) in [6.07, 6.45) is 1.76. The predicted octanol–water partition coefficient (Wildman–Crippen LogP) is 8.47. The van der Waals surface area contributed by atoms with Crippen molar-refractivity contribution in [3.63, 3.8) is 0 Å². The molecular weight excluding hydrogens is 474 g/mol. The van der Waals surface area contributed by atoms with Gasteiger partial charge in [0.05, 0.1) is 16.9 Å². The van der Waals surface area contributed by atoms with Gasteiger partial charge in [-0.05, 0) is 64.4 Å². The van der Waals surface area contributed by atoms with E-state index in [-0.39, 0.29) is 22.6 Å². The normalized spacial score (nSPS) is 15.5. The Balaban J connectivity index is 1.31. The SMILES string of the molecule is CC1(C)c2ccccc2N(c2ccc(C=C3C(=O)c4cc5ccccc5cc4C3=O)s2)c2ccccc21. The molecule has 1 aliphatic carbocycles. The maximum absolute atomic E-state index is 13.3. The summed E-state index contributed by atoms with van der Waals surface area (Å²) in [6, 6.07) is 32.6. The van der Waals surface area contributed by atoms with Crippen LogP contribution in [0.4, 0.5) is 16.4 Å². The summed E-state index contributed by atoms with van der Waals surface area (Å²) in [4.78, 5) is 29.7. The van der Waals surface area contributed by atoms with Crippen LogP contribution in [-0.2, 0) is 5.41 Å². The number of fused-ring (bicyclic) bond motifs is 4. The van der Waals surface area contributed by atoms with Crippen LogP contribution in [0, 0.1) is 0 Å². The van der Waals surface area contributed by atoms with E-state index in [0.717, 1.165) is 32.0 Å². The van der Waals surface area contributed by atoms with E-state index >= 15 is 0 Å². The molecule has 0 fully saturated rings. The van der Waals surface area contributed by atoms with Crippen LogP contribution in [0.2, 0.25) is 0 Å². The number of allylic oxidation sites excluding steroid dienone is 1. The largest absolute Gasteiger partial charge is 0.301 e. The number of para-hydroxylation sites is 2. The number of ketones is 2. The molecule has 0 N–H and O–H groups in total. The Morgan fingerprint density at radius 1 is 0.676 bits per heavy atom. The van der Waals surface area contributed by atoms with Gasteiger partial charge in [0.15, 0.2) is 11.6 Å². The maximum Gasteiger partial charge on any atom is 0.197 e. The molecule has 2 heterocycles. The number of carbonyl (C=O) groups is 2. The quantitative estimate of drug-likeness (QED) is 0.181. The highest BCUT2D eigenvalue weighted by molar-refractivity contribution is 7.17. The summed E-state index contributed by atoms with van der Waals surface area (Å²) < 4.78 is 0. The smallest absolute Gasteiger partial charge is 0.197 e. The molecule has 0 saturated heterocycles. The molecule has 0 spiro atoms. The van der Waals surface area contributed by atoms with Crippen molar-refractivity contribution in [2.75, 3.05) is 4.90 Å². The first-order chi connectivity index (χ1) is 17.9. The van der Waals surface area contributed by atoms with Crippen molar-refractivity contribution in [3.8, 4) is 0 Å². The standard InChI is InChI=1S/C33H23NO2S/c1-33(2)26-11-5-7-13-28(26)34(29-14-8-6-12-27(29)33)30-16-15-22(37-30)19-25-31(35)23-17-20-9-3-4-10-21(20)18-24(23)32(25)36/h3-19H,1-2H3. The molecular formula is C33H23NO2S. The van der Waals surface area contributed by atoms with Gasteiger partial charge in [-0.3, -0.25) is 9.59 Å². The van der Waals surface area contributed by atoms with Crippen molar-refractivity contribution in [2.24, 2.45) is 0 Å². The highest BCUT2D eigenvalue weighted by Gasteiger charge is 2.37.